The molecule has 0 aromatic carbocycles. The Hall–Kier alpha value is -1.64. The van der Waals surface area contributed by atoms with Crippen LogP contribution in [0.2, 0.25) is 0 Å². The molecule has 8 heteroatoms. The van der Waals surface area contributed by atoms with Crippen molar-refractivity contribution in [3.63, 3.8) is 0 Å². The fourth-order valence-corrected chi connectivity index (χ4v) is 1.31. The zero-order valence-corrected chi connectivity index (χ0v) is 11.5. The van der Waals surface area contributed by atoms with Crippen molar-refractivity contribution in [1.82, 2.24) is 5.32 Å². The van der Waals surface area contributed by atoms with Crippen molar-refractivity contribution in [2.24, 2.45) is 5.73 Å². The number of urea groups is 1. The second kappa shape index (κ2) is 10.2. The van der Waals surface area contributed by atoms with Crippen LogP contribution in [-0.2, 0) is 14.3 Å². The highest BCUT2D eigenvalue weighted by Crippen LogP contribution is 2.11. The summed E-state index contributed by atoms with van der Waals surface area (Å²) in [6.07, 6.45) is -0.111. The highest BCUT2D eigenvalue weighted by molar-refractivity contribution is 5.89. The Bertz CT molecular complexity index is 334. The molecule has 2 amide bonds. The molecule has 1 saturated heterocycles. The molecule has 1 rings (SSSR count). The highest BCUT2D eigenvalue weighted by Gasteiger charge is 2.24. The summed E-state index contributed by atoms with van der Waals surface area (Å²) in [5.41, 5.74) is 4.95. The summed E-state index contributed by atoms with van der Waals surface area (Å²) >= 11 is 0. The fourth-order valence-electron chi connectivity index (χ4n) is 1.31. The number of esters is 1. The maximum absolute atomic E-state index is 10.8. The number of carbonyl (C=O) groups is 2. The van der Waals surface area contributed by atoms with Gasteiger partial charge in [-0.25, -0.2) is 9.59 Å². The third-order valence-electron chi connectivity index (χ3n) is 2.39. The number of aliphatic hydroxyl groups excluding tert-OH is 2. The van der Waals surface area contributed by atoms with Crippen molar-refractivity contribution in [2.45, 2.75) is 25.6 Å². The molecule has 1 aliphatic rings. The van der Waals surface area contributed by atoms with E-state index in [0.29, 0.717) is 13.0 Å². The minimum Gasteiger partial charge on any atom is -0.463 e. The molecule has 0 aromatic rings. The summed E-state index contributed by atoms with van der Waals surface area (Å²) < 4.78 is 9.52. The van der Waals surface area contributed by atoms with E-state index in [4.69, 9.17) is 20.7 Å². The molecule has 0 spiro atoms. The van der Waals surface area contributed by atoms with Gasteiger partial charge in [0.05, 0.1) is 25.9 Å². The molecule has 0 aromatic heterocycles. The Balaban J connectivity index is 0.000000388. The first-order valence-corrected chi connectivity index (χ1v) is 6.21. The molecule has 8 nitrogen and oxygen atoms in total. The van der Waals surface area contributed by atoms with Crippen LogP contribution in [0.4, 0.5) is 4.79 Å². The van der Waals surface area contributed by atoms with Crippen LogP contribution in [-0.4, -0.2) is 60.8 Å². The lowest BCUT2D eigenvalue weighted by Gasteiger charge is -2.07. The van der Waals surface area contributed by atoms with Gasteiger partial charge in [-0.3, -0.25) is 0 Å². The second-order valence-electron chi connectivity index (χ2n) is 3.99. The van der Waals surface area contributed by atoms with Crippen LogP contribution >= 0.6 is 0 Å². The van der Waals surface area contributed by atoms with E-state index in [9.17, 15) is 9.59 Å². The van der Waals surface area contributed by atoms with E-state index in [2.05, 4.69) is 16.6 Å². The Kier molecular flexibility index (Phi) is 9.35. The number of nitrogens with two attached hydrogens (primary N) is 1. The van der Waals surface area contributed by atoms with E-state index in [1.165, 1.54) is 0 Å². The molecule has 1 unspecified atom stereocenters. The fraction of sp³-hybridized carbons (Fsp3) is 0.667. The first-order valence-electron chi connectivity index (χ1n) is 6.21. The predicted molar refractivity (Wildman–Crippen MR) is 70.8 cm³/mol. The third kappa shape index (κ3) is 7.72. The van der Waals surface area contributed by atoms with E-state index in [0.717, 1.165) is 0 Å². The first-order chi connectivity index (χ1) is 9.42. The van der Waals surface area contributed by atoms with E-state index < -0.39 is 18.1 Å². The van der Waals surface area contributed by atoms with Crippen molar-refractivity contribution in [2.75, 3.05) is 26.4 Å². The topological polar surface area (TPSA) is 131 Å². The van der Waals surface area contributed by atoms with Crippen LogP contribution < -0.4 is 11.1 Å². The van der Waals surface area contributed by atoms with Gasteiger partial charge in [0.2, 0.25) is 0 Å². The maximum Gasteiger partial charge on any atom is 0.335 e. The molecule has 1 heterocycles. The van der Waals surface area contributed by atoms with Gasteiger partial charge >= 0.3 is 12.0 Å². The summed E-state index contributed by atoms with van der Waals surface area (Å²) in [5.74, 6) is -0.522. The standard InChI is InChI=1S/C7H12N2O3.C5H10O3/c1-3-12-6(10)5(2)4-9-7(8)11;6-3-5-4(7)1-2-8-5/h2-4H2,1H3,(H3,8,9,11);4-7H,1-3H2/t;4?,5-/m.0/s1. The average molecular weight is 290 g/mol. The smallest absolute Gasteiger partial charge is 0.335 e. The SMILES string of the molecule is C=C(CNC(N)=O)C(=O)OCC.OC[C@@H]1OCCC1O. The van der Waals surface area contributed by atoms with Crippen molar-refractivity contribution >= 4 is 12.0 Å². The molecule has 20 heavy (non-hydrogen) atoms. The zero-order chi connectivity index (χ0) is 15.5. The number of primary amides is 1. The average Bonchev–Trinajstić information content (AvgIpc) is 2.82. The van der Waals surface area contributed by atoms with Crippen molar-refractivity contribution in [3.05, 3.63) is 12.2 Å². The summed E-state index contributed by atoms with van der Waals surface area (Å²) in [6, 6.07) is -0.694. The molecular weight excluding hydrogens is 268 g/mol. The van der Waals surface area contributed by atoms with Crippen molar-refractivity contribution < 1.29 is 29.3 Å². The van der Waals surface area contributed by atoms with Gasteiger partial charge in [-0.05, 0) is 13.3 Å². The van der Waals surface area contributed by atoms with E-state index >= 15 is 0 Å². The number of hydrogen-bond donors (Lipinski definition) is 4. The Morgan fingerprint density at radius 2 is 2.20 bits per heavy atom. The lowest BCUT2D eigenvalue weighted by molar-refractivity contribution is -0.138. The molecule has 0 saturated carbocycles. The summed E-state index contributed by atoms with van der Waals surface area (Å²) in [5, 5.41) is 19.6. The molecule has 5 N–H and O–H groups in total. The lowest BCUT2D eigenvalue weighted by atomic mass is 10.2. The number of ether oxygens (including phenoxy) is 2. The van der Waals surface area contributed by atoms with Crippen LogP contribution in [0.5, 0.6) is 0 Å². The Labute approximate surface area is 117 Å². The maximum atomic E-state index is 10.8. The van der Waals surface area contributed by atoms with Gasteiger partial charge in [0.1, 0.15) is 6.10 Å². The third-order valence-corrected chi connectivity index (χ3v) is 2.39. The lowest BCUT2D eigenvalue weighted by Crippen LogP contribution is -2.32. The molecule has 0 bridgehead atoms. The van der Waals surface area contributed by atoms with Crippen LogP contribution in [0, 0.1) is 0 Å². The molecule has 1 aliphatic heterocycles. The van der Waals surface area contributed by atoms with Gasteiger partial charge in [0, 0.05) is 12.2 Å². The van der Waals surface area contributed by atoms with Gasteiger partial charge in [0.25, 0.3) is 0 Å². The highest BCUT2D eigenvalue weighted by atomic mass is 16.5. The van der Waals surface area contributed by atoms with Crippen LogP contribution in [0.25, 0.3) is 0 Å². The number of carbonyl (C=O) groups excluding carboxylic acids is 2. The monoisotopic (exact) mass is 290 g/mol. The molecular formula is C12H22N2O6. The summed E-state index contributed by atoms with van der Waals surface area (Å²) in [7, 11) is 0. The van der Waals surface area contributed by atoms with E-state index in [1.54, 1.807) is 6.92 Å². The first kappa shape index (κ1) is 18.4. The number of nitrogens with one attached hydrogen (secondary N) is 1. The minimum absolute atomic E-state index is 0.0220. The summed E-state index contributed by atoms with van der Waals surface area (Å²) in [4.78, 5) is 21.0. The molecule has 2 atom stereocenters. The van der Waals surface area contributed by atoms with Gasteiger partial charge in [-0.1, -0.05) is 6.58 Å². The molecule has 1 fully saturated rings. The van der Waals surface area contributed by atoms with Crippen molar-refractivity contribution in [3.8, 4) is 0 Å². The van der Waals surface area contributed by atoms with Crippen LogP contribution in [0.1, 0.15) is 13.3 Å². The number of amides is 2. The molecule has 116 valence electrons. The largest absolute Gasteiger partial charge is 0.463 e. The minimum atomic E-state index is -0.694. The summed E-state index contributed by atoms with van der Waals surface area (Å²) in [6.45, 7) is 5.90. The van der Waals surface area contributed by atoms with Gasteiger partial charge in [-0.2, -0.15) is 0 Å². The number of hydrogen-bond acceptors (Lipinski definition) is 6. The normalized spacial score (nSPS) is 20.6. The van der Waals surface area contributed by atoms with Gasteiger partial charge < -0.3 is 30.7 Å². The zero-order valence-electron chi connectivity index (χ0n) is 11.5. The molecule has 0 aliphatic carbocycles. The van der Waals surface area contributed by atoms with E-state index in [-0.39, 0.29) is 31.4 Å². The van der Waals surface area contributed by atoms with Crippen LogP contribution in [0.3, 0.4) is 0 Å². The van der Waals surface area contributed by atoms with Crippen molar-refractivity contribution in [1.29, 1.82) is 0 Å². The van der Waals surface area contributed by atoms with E-state index in [1.807, 2.05) is 0 Å². The quantitative estimate of drug-likeness (QED) is 0.375. The predicted octanol–water partition coefficient (Wildman–Crippen LogP) is -1.10. The van der Waals surface area contributed by atoms with Gasteiger partial charge in [0.15, 0.2) is 0 Å². The second-order valence-corrected chi connectivity index (χ2v) is 3.99. The Morgan fingerprint density at radius 3 is 2.55 bits per heavy atom. The Morgan fingerprint density at radius 1 is 1.55 bits per heavy atom. The number of aliphatic hydroxyl groups is 2. The van der Waals surface area contributed by atoms with Crippen LogP contribution in [0.15, 0.2) is 12.2 Å². The van der Waals surface area contributed by atoms with Gasteiger partial charge in [-0.15, -0.1) is 0 Å². The molecule has 0 radical (unpaired) electrons. The number of rotatable bonds is 5.